The molecule has 3 aliphatic rings. The van der Waals surface area contributed by atoms with Crippen LogP contribution in [0.25, 0.3) is 44.2 Å². The minimum Gasteiger partial charge on any atom is -0.310 e. The molecule has 0 saturated heterocycles. The van der Waals surface area contributed by atoms with E-state index in [1.165, 1.54) is 98.5 Å². The van der Waals surface area contributed by atoms with Gasteiger partial charge in [0.15, 0.2) is 0 Å². The van der Waals surface area contributed by atoms with Crippen molar-refractivity contribution in [1.82, 2.24) is 0 Å². The van der Waals surface area contributed by atoms with Gasteiger partial charge in [0.2, 0.25) is 0 Å². The van der Waals surface area contributed by atoms with Crippen molar-refractivity contribution < 1.29 is 0 Å². The Morgan fingerprint density at radius 3 is 1.61 bits per heavy atom. The van der Waals surface area contributed by atoms with E-state index in [-0.39, 0.29) is 10.8 Å². The summed E-state index contributed by atoms with van der Waals surface area (Å²) in [6.07, 6.45) is 0. The summed E-state index contributed by atoms with van der Waals surface area (Å²) in [4.78, 5) is 5.09. The molecule has 1 unspecified atom stereocenters. The summed E-state index contributed by atoms with van der Waals surface area (Å²) in [5.41, 5.74) is 21.0. The van der Waals surface area contributed by atoms with Crippen molar-refractivity contribution in [2.24, 2.45) is 0 Å². The third kappa shape index (κ3) is 5.82. The molecule has 2 aliphatic carbocycles. The maximum atomic E-state index is 2.54. The molecule has 0 radical (unpaired) electrons. The number of nitrogens with zero attached hydrogens (tertiary/aromatic N) is 1. The zero-order chi connectivity index (χ0) is 45.1. The van der Waals surface area contributed by atoms with Gasteiger partial charge in [0.05, 0.1) is 5.41 Å². The lowest BCUT2D eigenvalue weighted by atomic mass is 9.54. The summed E-state index contributed by atoms with van der Waals surface area (Å²) in [5.74, 6) is 0. The van der Waals surface area contributed by atoms with Crippen molar-refractivity contribution >= 4 is 39.6 Å². The Bertz CT molecular complexity index is 3600. The van der Waals surface area contributed by atoms with Crippen LogP contribution in [0.4, 0.5) is 17.1 Å². The van der Waals surface area contributed by atoms with Gasteiger partial charge in [-0.1, -0.05) is 215 Å². The molecule has 1 aliphatic heterocycles. The Morgan fingerprint density at radius 2 is 0.851 bits per heavy atom. The predicted octanol–water partition coefficient (Wildman–Crippen LogP) is 17.4. The van der Waals surface area contributed by atoms with E-state index in [0.717, 1.165) is 17.1 Å². The van der Waals surface area contributed by atoms with Gasteiger partial charge < -0.3 is 4.90 Å². The van der Waals surface area contributed by atoms with Crippen LogP contribution in [0.15, 0.2) is 234 Å². The van der Waals surface area contributed by atoms with Gasteiger partial charge >= 0.3 is 0 Å². The summed E-state index contributed by atoms with van der Waals surface area (Å²) in [7, 11) is 0. The van der Waals surface area contributed by atoms with Crippen molar-refractivity contribution in [2.45, 2.75) is 53.7 Å². The lowest BCUT2D eigenvalue weighted by molar-refractivity contribution is 0.550. The highest BCUT2D eigenvalue weighted by atomic mass is 32.2. The number of hydrogen-bond acceptors (Lipinski definition) is 2. The molecule has 1 heterocycles. The summed E-state index contributed by atoms with van der Waals surface area (Å²) in [5, 5.41) is 2.59. The molecule has 1 nitrogen and oxygen atoms in total. The minimum atomic E-state index is -0.512. The highest BCUT2D eigenvalue weighted by molar-refractivity contribution is 7.99. The molecule has 0 saturated carbocycles. The number of fused-ring (bicyclic) bond motifs is 13. The maximum absolute atomic E-state index is 2.54. The SMILES string of the molecule is CC1(C)c2ccccc2-c2ccc(N(c3ccc(-c4ccccc4)cc3)c3ccc(-c4ccc5c(c4)C4(c6ccccc6Sc6c4ccc4ccccc64)c4ccccc4C5(C)C)cc3)cc21. The highest BCUT2D eigenvalue weighted by Crippen LogP contribution is 2.63. The average molecular weight is 876 g/mol. The summed E-state index contributed by atoms with van der Waals surface area (Å²) >= 11 is 1.93. The molecule has 0 N–H and O–H groups in total. The second-order valence-electron chi connectivity index (χ2n) is 19.6. The predicted molar refractivity (Wildman–Crippen MR) is 282 cm³/mol. The summed E-state index contributed by atoms with van der Waals surface area (Å²) in [6, 6.07) is 84.4. The molecule has 320 valence electrons. The van der Waals surface area contributed by atoms with Crippen molar-refractivity contribution in [2.75, 3.05) is 4.90 Å². The fourth-order valence-corrected chi connectivity index (χ4v) is 13.4. The van der Waals surface area contributed by atoms with Gasteiger partial charge in [-0.2, -0.15) is 0 Å². The fraction of sp³-hybridized carbons (Fsp3) is 0.108. The van der Waals surface area contributed by atoms with E-state index in [0.29, 0.717) is 0 Å². The Morgan fingerprint density at radius 1 is 0.328 bits per heavy atom. The zero-order valence-electron chi connectivity index (χ0n) is 38.2. The van der Waals surface area contributed by atoms with E-state index < -0.39 is 5.41 Å². The average Bonchev–Trinajstić information content (AvgIpc) is 3.61. The Balaban J connectivity index is 0.975. The first kappa shape index (κ1) is 39.9. The first-order valence-corrected chi connectivity index (χ1v) is 24.4. The first-order chi connectivity index (χ1) is 32.7. The monoisotopic (exact) mass is 875 g/mol. The Labute approximate surface area is 398 Å². The van der Waals surface area contributed by atoms with Gasteiger partial charge in [-0.3, -0.25) is 0 Å². The van der Waals surface area contributed by atoms with Crippen molar-refractivity contribution in [1.29, 1.82) is 0 Å². The Hall–Kier alpha value is -7.39. The molecule has 2 heteroatoms. The lowest BCUT2D eigenvalue weighted by Gasteiger charge is -2.50. The van der Waals surface area contributed by atoms with Crippen LogP contribution in [-0.2, 0) is 16.2 Å². The lowest BCUT2D eigenvalue weighted by Crippen LogP contribution is -2.43. The van der Waals surface area contributed by atoms with Gasteiger partial charge in [-0.05, 0) is 137 Å². The molecule has 0 bridgehead atoms. The smallest absolute Gasteiger partial charge is 0.0729 e. The number of rotatable bonds is 5. The highest BCUT2D eigenvalue weighted by Gasteiger charge is 2.52. The number of benzene rings is 10. The van der Waals surface area contributed by atoms with Gasteiger partial charge in [0.25, 0.3) is 0 Å². The van der Waals surface area contributed by atoms with Crippen LogP contribution < -0.4 is 4.90 Å². The van der Waals surface area contributed by atoms with Crippen LogP contribution in [-0.4, -0.2) is 0 Å². The molecule has 10 aromatic rings. The van der Waals surface area contributed by atoms with E-state index in [1.807, 2.05) is 11.8 Å². The summed E-state index contributed by atoms with van der Waals surface area (Å²) in [6.45, 7) is 9.56. The minimum absolute atomic E-state index is 0.112. The molecular weight excluding hydrogens is 827 g/mol. The Kier molecular flexibility index (Phi) is 8.83. The van der Waals surface area contributed by atoms with Crippen LogP contribution in [0.3, 0.4) is 0 Å². The molecule has 0 aromatic heterocycles. The number of hydrogen-bond donors (Lipinski definition) is 0. The van der Waals surface area contributed by atoms with Gasteiger partial charge in [-0.25, -0.2) is 0 Å². The molecule has 1 spiro atoms. The van der Waals surface area contributed by atoms with E-state index >= 15 is 0 Å². The molecule has 13 rings (SSSR count). The molecule has 0 fully saturated rings. The van der Waals surface area contributed by atoms with E-state index in [4.69, 9.17) is 0 Å². The molecule has 10 aromatic carbocycles. The van der Waals surface area contributed by atoms with E-state index in [9.17, 15) is 0 Å². The zero-order valence-corrected chi connectivity index (χ0v) is 39.0. The van der Waals surface area contributed by atoms with Crippen molar-refractivity contribution in [3.8, 4) is 33.4 Å². The van der Waals surface area contributed by atoms with Crippen LogP contribution in [0.2, 0.25) is 0 Å². The van der Waals surface area contributed by atoms with Crippen molar-refractivity contribution in [3.05, 3.63) is 269 Å². The second kappa shape index (κ2) is 14.8. The summed E-state index contributed by atoms with van der Waals surface area (Å²) < 4.78 is 0. The fourth-order valence-electron chi connectivity index (χ4n) is 12.1. The van der Waals surface area contributed by atoms with E-state index in [1.54, 1.807) is 0 Å². The largest absolute Gasteiger partial charge is 0.310 e. The van der Waals surface area contributed by atoms with Crippen LogP contribution in [0.1, 0.15) is 72.2 Å². The topological polar surface area (TPSA) is 3.24 Å². The maximum Gasteiger partial charge on any atom is 0.0729 e. The molecule has 1 atom stereocenters. The van der Waals surface area contributed by atoms with E-state index in [2.05, 4.69) is 257 Å². The van der Waals surface area contributed by atoms with Crippen molar-refractivity contribution in [3.63, 3.8) is 0 Å². The molecule has 0 amide bonds. The third-order valence-electron chi connectivity index (χ3n) is 15.4. The molecule has 67 heavy (non-hydrogen) atoms. The standard InChI is InChI=1S/C65H49NS/c1-63(2)53-21-11-10-20-51(53)52-37-36-49(41-59(52)63)66(47-32-26-43(27-33-47)42-16-6-5-7-17-42)48-34-28-44(29-35-48)46-31-38-55-60(40-46)65(56-23-13-12-22-54(56)64(55,3)4)57-24-14-15-25-61(57)67-62-50-19-9-8-18-45(50)30-39-58(62)65/h5-41H,1-4H3. The first-order valence-electron chi connectivity index (χ1n) is 23.6. The molecular formula is C65H49NS. The van der Waals surface area contributed by atoms with Crippen LogP contribution in [0, 0.1) is 0 Å². The third-order valence-corrected chi connectivity index (χ3v) is 16.6. The van der Waals surface area contributed by atoms with Crippen LogP contribution >= 0.6 is 11.8 Å². The second-order valence-corrected chi connectivity index (χ2v) is 20.7. The quantitative estimate of drug-likeness (QED) is 0.169. The number of anilines is 3. The van der Waals surface area contributed by atoms with Gasteiger partial charge in [-0.15, -0.1) is 0 Å². The van der Waals surface area contributed by atoms with Gasteiger partial charge in [0, 0.05) is 37.7 Å². The van der Waals surface area contributed by atoms with Crippen LogP contribution in [0.5, 0.6) is 0 Å². The van der Waals surface area contributed by atoms with Gasteiger partial charge in [0.1, 0.15) is 0 Å². The normalized spacial score (nSPS) is 16.6.